The fraction of sp³-hybridized carbons (Fsp3) is 0.471. The Balaban J connectivity index is 1.42. The third-order valence-electron chi connectivity index (χ3n) is 4.77. The van der Waals surface area contributed by atoms with Crippen LogP contribution in [0.15, 0.2) is 35.0 Å². The monoisotopic (exact) mass is 327 g/mol. The van der Waals surface area contributed by atoms with Crippen LogP contribution in [-0.2, 0) is 0 Å². The summed E-state index contributed by atoms with van der Waals surface area (Å²) in [5.41, 5.74) is 1.30. The molecule has 4 heterocycles. The molecular formula is C17H21N5O2. The molecule has 0 spiro atoms. The van der Waals surface area contributed by atoms with E-state index < -0.39 is 0 Å². The summed E-state index contributed by atoms with van der Waals surface area (Å²) in [6, 6.07) is 7.72. The second kappa shape index (κ2) is 6.70. The molecule has 0 aliphatic carbocycles. The molecule has 1 atom stereocenters. The van der Waals surface area contributed by atoms with E-state index in [0.717, 1.165) is 45.7 Å². The number of likely N-dealkylation sites (tertiary alicyclic amines) is 1. The van der Waals surface area contributed by atoms with E-state index in [1.165, 1.54) is 0 Å². The minimum absolute atomic E-state index is 0.0812. The van der Waals surface area contributed by atoms with Crippen molar-refractivity contribution in [1.82, 2.24) is 25.3 Å². The van der Waals surface area contributed by atoms with Gasteiger partial charge in [0.2, 0.25) is 5.76 Å². The van der Waals surface area contributed by atoms with Crippen molar-refractivity contribution in [3.8, 4) is 11.4 Å². The molecule has 1 unspecified atom stereocenters. The maximum atomic E-state index is 12.7. The van der Waals surface area contributed by atoms with Crippen molar-refractivity contribution in [2.75, 3.05) is 39.3 Å². The van der Waals surface area contributed by atoms with Crippen LogP contribution in [0.25, 0.3) is 11.4 Å². The summed E-state index contributed by atoms with van der Waals surface area (Å²) in [5.74, 6) is 0.207. The lowest BCUT2D eigenvalue weighted by molar-refractivity contribution is 0.0732. The smallest absolute Gasteiger partial charge is 0.292 e. The molecule has 24 heavy (non-hydrogen) atoms. The number of carbonyl (C=O) groups is 1. The topological polar surface area (TPSA) is 74.5 Å². The first-order valence-corrected chi connectivity index (χ1v) is 8.43. The van der Waals surface area contributed by atoms with E-state index >= 15 is 0 Å². The van der Waals surface area contributed by atoms with Gasteiger partial charge in [-0.1, -0.05) is 11.2 Å². The highest BCUT2D eigenvalue weighted by molar-refractivity contribution is 5.92. The van der Waals surface area contributed by atoms with Crippen LogP contribution < -0.4 is 5.32 Å². The Bertz CT molecular complexity index is 696. The Morgan fingerprint density at radius 1 is 1.21 bits per heavy atom. The molecule has 2 aliphatic heterocycles. The van der Waals surface area contributed by atoms with E-state index in [9.17, 15) is 4.79 Å². The molecule has 0 saturated carbocycles. The first kappa shape index (κ1) is 15.3. The largest absolute Gasteiger partial charge is 0.350 e. The Labute approximate surface area is 140 Å². The highest BCUT2D eigenvalue weighted by Gasteiger charge is 2.32. The van der Waals surface area contributed by atoms with Gasteiger partial charge in [-0.25, -0.2) is 0 Å². The van der Waals surface area contributed by atoms with Gasteiger partial charge in [-0.05, 0) is 18.6 Å². The summed E-state index contributed by atoms with van der Waals surface area (Å²) in [4.78, 5) is 21.2. The zero-order chi connectivity index (χ0) is 16.4. The van der Waals surface area contributed by atoms with E-state index in [-0.39, 0.29) is 11.7 Å². The van der Waals surface area contributed by atoms with E-state index in [1.807, 2.05) is 23.1 Å². The molecule has 1 amide bonds. The zero-order valence-electron chi connectivity index (χ0n) is 13.5. The van der Waals surface area contributed by atoms with Gasteiger partial charge in [-0.2, -0.15) is 0 Å². The van der Waals surface area contributed by atoms with Gasteiger partial charge in [0, 0.05) is 57.6 Å². The van der Waals surface area contributed by atoms with Crippen LogP contribution in [0.5, 0.6) is 0 Å². The molecule has 7 nitrogen and oxygen atoms in total. The van der Waals surface area contributed by atoms with E-state index in [0.29, 0.717) is 17.4 Å². The van der Waals surface area contributed by atoms with E-state index in [2.05, 4.69) is 20.4 Å². The zero-order valence-corrected chi connectivity index (χ0v) is 13.5. The lowest BCUT2D eigenvalue weighted by Gasteiger charge is -2.32. The number of piperazine rings is 1. The summed E-state index contributed by atoms with van der Waals surface area (Å²) in [6.45, 7) is 5.70. The van der Waals surface area contributed by atoms with Crippen LogP contribution in [-0.4, -0.2) is 71.2 Å². The van der Waals surface area contributed by atoms with E-state index in [1.54, 1.807) is 12.3 Å². The second-order valence-electron chi connectivity index (χ2n) is 6.27. The third kappa shape index (κ3) is 3.05. The van der Waals surface area contributed by atoms with Crippen molar-refractivity contribution in [2.24, 2.45) is 0 Å². The average Bonchev–Trinajstić information content (AvgIpc) is 3.33. The molecule has 2 aliphatic rings. The summed E-state index contributed by atoms with van der Waals surface area (Å²) in [6.07, 6.45) is 2.72. The number of pyridine rings is 1. The maximum absolute atomic E-state index is 12.7. The predicted molar refractivity (Wildman–Crippen MR) is 88.5 cm³/mol. The van der Waals surface area contributed by atoms with Crippen LogP contribution in [0.2, 0.25) is 0 Å². The molecule has 126 valence electrons. The highest BCUT2D eigenvalue weighted by atomic mass is 16.5. The molecule has 2 fully saturated rings. The lowest BCUT2D eigenvalue weighted by Crippen LogP contribution is -2.49. The van der Waals surface area contributed by atoms with Crippen molar-refractivity contribution in [1.29, 1.82) is 0 Å². The molecular weight excluding hydrogens is 306 g/mol. The number of nitrogens with one attached hydrogen (secondary N) is 1. The van der Waals surface area contributed by atoms with E-state index in [4.69, 9.17) is 4.52 Å². The summed E-state index contributed by atoms with van der Waals surface area (Å²) in [7, 11) is 0. The third-order valence-corrected chi connectivity index (χ3v) is 4.77. The van der Waals surface area contributed by atoms with Crippen LogP contribution in [0.1, 0.15) is 17.0 Å². The molecule has 2 aromatic rings. The predicted octanol–water partition coefficient (Wildman–Crippen LogP) is 0.856. The van der Waals surface area contributed by atoms with Gasteiger partial charge >= 0.3 is 0 Å². The summed E-state index contributed by atoms with van der Waals surface area (Å²) >= 11 is 0. The number of aromatic nitrogens is 2. The minimum Gasteiger partial charge on any atom is -0.350 e. The number of hydrogen-bond acceptors (Lipinski definition) is 6. The van der Waals surface area contributed by atoms with Gasteiger partial charge in [0.05, 0.1) is 5.69 Å². The van der Waals surface area contributed by atoms with Crippen molar-refractivity contribution >= 4 is 5.91 Å². The lowest BCUT2D eigenvalue weighted by atomic mass is 10.2. The summed E-state index contributed by atoms with van der Waals surface area (Å²) in [5, 5.41) is 7.35. The van der Waals surface area contributed by atoms with Gasteiger partial charge in [0.25, 0.3) is 5.91 Å². The molecule has 1 N–H and O–H groups in total. The highest BCUT2D eigenvalue weighted by Crippen LogP contribution is 2.21. The number of nitrogens with zero attached hydrogens (tertiary/aromatic N) is 4. The van der Waals surface area contributed by atoms with Gasteiger partial charge in [0.1, 0.15) is 5.69 Å². The molecule has 0 bridgehead atoms. The van der Waals surface area contributed by atoms with Crippen LogP contribution in [0, 0.1) is 0 Å². The Morgan fingerprint density at radius 3 is 2.88 bits per heavy atom. The number of carbonyl (C=O) groups excluding carboxylic acids is 1. The molecule has 7 heteroatoms. The number of hydrogen-bond donors (Lipinski definition) is 1. The number of rotatable bonds is 3. The molecule has 2 saturated heterocycles. The van der Waals surface area contributed by atoms with Gasteiger partial charge in [0.15, 0.2) is 0 Å². The molecule has 0 aromatic carbocycles. The Kier molecular flexibility index (Phi) is 4.27. The SMILES string of the molecule is O=C(c1cc(-c2ccccn2)no1)N1CCC(N2CCNCC2)C1. The average molecular weight is 327 g/mol. The van der Waals surface area contributed by atoms with Crippen molar-refractivity contribution in [3.05, 3.63) is 36.2 Å². The van der Waals surface area contributed by atoms with Crippen LogP contribution >= 0.6 is 0 Å². The number of amides is 1. The maximum Gasteiger partial charge on any atom is 0.292 e. The Morgan fingerprint density at radius 2 is 2.08 bits per heavy atom. The van der Waals surface area contributed by atoms with Gasteiger partial charge in [-0.3, -0.25) is 14.7 Å². The second-order valence-corrected chi connectivity index (χ2v) is 6.27. The first-order valence-electron chi connectivity index (χ1n) is 8.43. The minimum atomic E-state index is -0.0812. The van der Waals surface area contributed by atoms with Crippen molar-refractivity contribution in [3.63, 3.8) is 0 Å². The van der Waals surface area contributed by atoms with Gasteiger partial charge in [-0.15, -0.1) is 0 Å². The fourth-order valence-corrected chi connectivity index (χ4v) is 3.44. The molecule has 0 radical (unpaired) electrons. The van der Waals surface area contributed by atoms with Crippen molar-refractivity contribution < 1.29 is 9.32 Å². The first-order chi connectivity index (χ1) is 11.8. The Hall–Kier alpha value is -2.25. The molecule has 2 aromatic heterocycles. The summed E-state index contributed by atoms with van der Waals surface area (Å²) < 4.78 is 5.27. The van der Waals surface area contributed by atoms with Crippen molar-refractivity contribution in [2.45, 2.75) is 12.5 Å². The van der Waals surface area contributed by atoms with Gasteiger partial charge < -0.3 is 14.7 Å². The quantitative estimate of drug-likeness (QED) is 0.901. The normalized spacial score (nSPS) is 22.0. The molecule has 4 rings (SSSR count). The fourth-order valence-electron chi connectivity index (χ4n) is 3.44. The van der Waals surface area contributed by atoms with Crippen LogP contribution in [0.3, 0.4) is 0 Å². The van der Waals surface area contributed by atoms with Crippen LogP contribution in [0.4, 0.5) is 0 Å². The standard InChI is InChI=1S/C17H21N5O2/c23-17(16-11-15(20-24-16)14-3-1-2-5-19-14)22-8-4-13(12-22)21-9-6-18-7-10-21/h1-3,5,11,13,18H,4,6-10,12H2.